The molecule has 5 nitrogen and oxygen atoms in total. The van der Waals surface area contributed by atoms with E-state index in [1.807, 2.05) is 12.1 Å². The topological polar surface area (TPSA) is 65.7 Å². The summed E-state index contributed by atoms with van der Waals surface area (Å²) in [7, 11) is 4.91. The molecule has 1 aliphatic heterocycles. The van der Waals surface area contributed by atoms with E-state index in [1.165, 1.54) is 12.8 Å². The highest BCUT2D eigenvalue weighted by Gasteiger charge is 2.28. The van der Waals surface area contributed by atoms with Crippen molar-refractivity contribution in [2.45, 2.75) is 31.2 Å². The SMILES string of the molecule is COc1ccc(C(CN)C2CCCCN2)c(OC)c1OC. The third-order valence-corrected chi connectivity index (χ3v) is 4.22. The summed E-state index contributed by atoms with van der Waals surface area (Å²) in [6.07, 6.45) is 3.61. The van der Waals surface area contributed by atoms with Gasteiger partial charge in [-0.1, -0.05) is 12.5 Å². The van der Waals surface area contributed by atoms with Gasteiger partial charge in [-0.05, 0) is 25.5 Å². The minimum absolute atomic E-state index is 0.208. The zero-order valence-electron chi connectivity index (χ0n) is 13.1. The first-order valence-electron chi connectivity index (χ1n) is 7.49. The zero-order valence-corrected chi connectivity index (χ0v) is 13.1. The van der Waals surface area contributed by atoms with Crippen molar-refractivity contribution < 1.29 is 14.2 Å². The third-order valence-electron chi connectivity index (χ3n) is 4.22. The van der Waals surface area contributed by atoms with Crippen molar-refractivity contribution in [3.63, 3.8) is 0 Å². The molecule has 21 heavy (non-hydrogen) atoms. The monoisotopic (exact) mass is 294 g/mol. The molecule has 0 amide bonds. The molecule has 2 unspecified atom stereocenters. The van der Waals surface area contributed by atoms with Gasteiger partial charge in [0.25, 0.3) is 0 Å². The molecule has 118 valence electrons. The second-order valence-corrected chi connectivity index (χ2v) is 5.32. The van der Waals surface area contributed by atoms with E-state index in [4.69, 9.17) is 19.9 Å². The third kappa shape index (κ3) is 3.24. The fraction of sp³-hybridized carbons (Fsp3) is 0.625. The molecule has 0 aromatic heterocycles. The Morgan fingerprint density at radius 2 is 1.90 bits per heavy atom. The molecule has 1 aliphatic rings. The van der Waals surface area contributed by atoms with Crippen LogP contribution in [0.5, 0.6) is 17.2 Å². The lowest BCUT2D eigenvalue weighted by molar-refractivity contribution is 0.311. The first-order chi connectivity index (χ1) is 10.3. The summed E-state index contributed by atoms with van der Waals surface area (Å²) in [4.78, 5) is 0. The number of hydrogen-bond donors (Lipinski definition) is 2. The summed E-state index contributed by atoms with van der Waals surface area (Å²) in [5, 5.41) is 3.58. The smallest absolute Gasteiger partial charge is 0.203 e. The lowest BCUT2D eigenvalue weighted by Gasteiger charge is -2.32. The van der Waals surface area contributed by atoms with E-state index >= 15 is 0 Å². The van der Waals surface area contributed by atoms with Crippen molar-refractivity contribution >= 4 is 0 Å². The molecule has 1 aromatic carbocycles. The second-order valence-electron chi connectivity index (χ2n) is 5.32. The van der Waals surface area contributed by atoms with Gasteiger partial charge in [-0.25, -0.2) is 0 Å². The number of hydrogen-bond acceptors (Lipinski definition) is 5. The Morgan fingerprint density at radius 3 is 2.43 bits per heavy atom. The molecule has 3 N–H and O–H groups in total. The van der Waals surface area contributed by atoms with Crippen LogP contribution in [0.1, 0.15) is 30.7 Å². The van der Waals surface area contributed by atoms with Crippen LogP contribution in [0, 0.1) is 0 Å². The maximum atomic E-state index is 6.05. The van der Waals surface area contributed by atoms with Gasteiger partial charge in [0, 0.05) is 24.1 Å². The molecular weight excluding hydrogens is 268 g/mol. The van der Waals surface area contributed by atoms with Crippen LogP contribution in [0.15, 0.2) is 12.1 Å². The van der Waals surface area contributed by atoms with Gasteiger partial charge in [0.05, 0.1) is 21.3 Å². The second kappa shape index (κ2) is 7.52. The van der Waals surface area contributed by atoms with Gasteiger partial charge in [0.1, 0.15) is 0 Å². The minimum Gasteiger partial charge on any atom is -0.493 e. The Labute approximate surface area is 126 Å². The van der Waals surface area contributed by atoms with Crippen molar-refractivity contribution in [2.75, 3.05) is 34.4 Å². The van der Waals surface area contributed by atoms with E-state index in [1.54, 1.807) is 21.3 Å². The Hall–Kier alpha value is -1.46. The van der Waals surface area contributed by atoms with Crippen LogP contribution >= 0.6 is 0 Å². The Kier molecular flexibility index (Phi) is 5.70. The van der Waals surface area contributed by atoms with E-state index in [-0.39, 0.29) is 5.92 Å². The maximum Gasteiger partial charge on any atom is 0.203 e. The van der Waals surface area contributed by atoms with Crippen molar-refractivity contribution in [1.82, 2.24) is 5.32 Å². The molecule has 1 aromatic rings. The van der Waals surface area contributed by atoms with Crippen molar-refractivity contribution in [2.24, 2.45) is 5.73 Å². The summed E-state index contributed by atoms with van der Waals surface area (Å²) in [5.41, 5.74) is 7.13. The summed E-state index contributed by atoms with van der Waals surface area (Å²) >= 11 is 0. The van der Waals surface area contributed by atoms with Crippen molar-refractivity contribution in [1.29, 1.82) is 0 Å². The van der Waals surface area contributed by atoms with E-state index in [9.17, 15) is 0 Å². The average molecular weight is 294 g/mol. The molecule has 0 spiro atoms. The highest BCUT2D eigenvalue weighted by molar-refractivity contribution is 5.57. The van der Waals surface area contributed by atoms with Gasteiger partial charge in [0.15, 0.2) is 11.5 Å². The molecule has 0 saturated carbocycles. The van der Waals surface area contributed by atoms with E-state index in [0.29, 0.717) is 24.1 Å². The zero-order chi connectivity index (χ0) is 15.2. The molecule has 2 rings (SSSR count). The number of methoxy groups -OCH3 is 3. The van der Waals surface area contributed by atoms with Gasteiger partial charge in [-0.15, -0.1) is 0 Å². The van der Waals surface area contributed by atoms with Crippen LogP contribution in [0.4, 0.5) is 0 Å². The molecule has 0 bridgehead atoms. The average Bonchev–Trinajstić information content (AvgIpc) is 2.55. The summed E-state index contributed by atoms with van der Waals surface area (Å²) in [6, 6.07) is 4.34. The van der Waals surface area contributed by atoms with Gasteiger partial charge in [-0.2, -0.15) is 0 Å². The predicted octanol–water partition coefficient (Wildman–Crippen LogP) is 1.90. The number of nitrogens with two attached hydrogens (primary N) is 1. The predicted molar refractivity (Wildman–Crippen MR) is 83.5 cm³/mol. The van der Waals surface area contributed by atoms with Crippen LogP contribution in [-0.2, 0) is 0 Å². The highest BCUT2D eigenvalue weighted by Crippen LogP contribution is 2.43. The van der Waals surface area contributed by atoms with Crippen LogP contribution in [0.3, 0.4) is 0 Å². The molecule has 5 heteroatoms. The number of piperidine rings is 1. The van der Waals surface area contributed by atoms with Crippen molar-refractivity contribution in [3.05, 3.63) is 17.7 Å². The van der Waals surface area contributed by atoms with Crippen LogP contribution < -0.4 is 25.3 Å². The fourth-order valence-electron chi connectivity index (χ4n) is 3.15. The summed E-state index contributed by atoms with van der Waals surface area (Å²) in [5.74, 6) is 2.23. The standard InChI is InChI=1S/C16H26N2O3/c1-19-14-8-7-11(15(20-2)16(14)21-3)12(10-17)13-6-4-5-9-18-13/h7-8,12-13,18H,4-6,9-10,17H2,1-3H3. The van der Waals surface area contributed by atoms with Gasteiger partial charge in [-0.3, -0.25) is 0 Å². The molecule has 0 radical (unpaired) electrons. The molecule has 1 heterocycles. The minimum atomic E-state index is 0.208. The molecule has 2 atom stereocenters. The Morgan fingerprint density at radius 1 is 1.14 bits per heavy atom. The van der Waals surface area contributed by atoms with E-state index < -0.39 is 0 Å². The summed E-state index contributed by atoms with van der Waals surface area (Å²) in [6.45, 7) is 1.63. The van der Waals surface area contributed by atoms with E-state index in [0.717, 1.165) is 24.3 Å². The molecular formula is C16H26N2O3. The number of rotatable bonds is 6. The number of benzene rings is 1. The Balaban J connectivity index is 2.40. The first kappa shape index (κ1) is 15.9. The van der Waals surface area contributed by atoms with Crippen LogP contribution in [0.2, 0.25) is 0 Å². The fourth-order valence-corrected chi connectivity index (χ4v) is 3.15. The highest BCUT2D eigenvalue weighted by atomic mass is 16.5. The molecule has 0 aliphatic carbocycles. The van der Waals surface area contributed by atoms with Crippen LogP contribution in [0.25, 0.3) is 0 Å². The lowest BCUT2D eigenvalue weighted by atomic mass is 9.86. The number of nitrogens with one attached hydrogen (secondary N) is 1. The molecule has 1 fully saturated rings. The normalized spacial score (nSPS) is 19.9. The first-order valence-corrected chi connectivity index (χ1v) is 7.49. The van der Waals surface area contributed by atoms with Gasteiger partial charge < -0.3 is 25.3 Å². The van der Waals surface area contributed by atoms with Crippen molar-refractivity contribution in [3.8, 4) is 17.2 Å². The number of ether oxygens (including phenoxy) is 3. The van der Waals surface area contributed by atoms with Gasteiger partial charge in [0.2, 0.25) is 5.75 Å². The largest absolute Gasteiger partial charge is 0.493 e. The van der Waals surface area contributed by atoms with Crippen LogP contribution in [-0.4, -0.2) is 40.5 Å². The maximum absolute atomic E-state index is 6.05. The Bertz CT molecular complexity index is 459. The lowest BCUT2D eigenvalue weighted by Crippen LogP contribution is -2.41. The quantitative estimate of drug-likeness (QED) is 0.839. The summed E-state index contributed by atoms with van der Waals surface area (Å²) < 4.78 is 16.4. The molecule has 1 saturated heterocycles. The van der Waals surface area contributed by atoms with Gasteiger partial charge >= 0.3 is 0 Å². The van der Waals surface area contributed by atoms with E-state index in [2.05, 4.69) is 5.32 Å².